The van der Waals surface area contributed by atoms with Crippen LogP contribution in [0.5, 0.6) is 0 Å². The number of rotatable bonds is 4. The van der Waals surface area contributed by atoms with Crippen molar-refractivity contribution in [2.75, 3.05) is 6.54 Å². The summed E-state index contributed by atoms with van der Waals surface area (Å²) in [5.74, 6) is 1.85. The van der Waals surface area contributed by atoms with Gasteiger partial charge in [0.1, 0.15) is 0 Å². The van der Waals surface area contributed by atoms with Gasteiger partial charge in [0.2, 0.25) is 5.91 Å². The molecule has 1 spiro atoms. The van der Waals surface area contributed by atoms with Crippen LogP contribution in [-0.2, 0) is 4.79 Å². The van der Waals surface area contributed by atoms with E-state index in [4.69, 9.17) is 0 Å². The Bertz CT molecular complexity index is 305. The fourth-order valence-electron chi connectivity index (χ4n) is 2.78. The average Bonchev–Trinajstić information content (AvgIpc) is 3.07. The molecule has 1 amide bonds. The van der Waals surface area contributed by atoms with Crippen LogP contribution >= 0.6 is 0 Å². The summed E-state index contributed by atoms with van der Waals surface area (Å²) in [6.07, 6.45) is 6.18. The molecule has 3 fully saturated rings. The van der Waals surface area contributed by atoms with E-state index in [2.05, 4.69) is 24.1 Å². The summed E-state index contributed by atoms with van der Waals surface area (Å²) in [6, 6.07) is 0. The number of nitrogens with zero attached hydrogens (tertiary/aromatic N) is 1. The summed E-state index contributed by atoms with van der Waals surface area (Å²) < 4.78 is 0. The highest BCUT2D eigenvalue weighted by Gasteiger charge is 2.59. The van der Waals surface area contributed by atoms with E-state index >= 15 is 0 Å². The molecule has 0 aromatic carbocycles. The molecule has 0 aromatic heterocycles. The second-order valence-electron chi connectivity index (χ2n) is 6.27. The third-order valence-corrected chi connectivity index (χ3v) is 4.09. The van der Waals surface area contributed by atoms with Crippen molar-refractivity contribution in [2.24, 2.45) is 11.8 Å². The highest BCUT2D eigenvalue weighted by Crippen LogP contribution is 2.44. The molecule has 1 saturated heterocycles. The van der Waals surface area contributed by atoms with Crippen LogP contribution in [-0.4, -0.2) is 29.1 Å². The first-order chi connectivity index (χ1) is 7.61. The summed E-state index contributed by atoms with van der Waals surface area (Å²) in [7, 11) is 0. The van der Waals surface area contributed by atoms with E-state index in [1.807, 2.05) is 0 Å². The average molecular weight is 222 g/mol. The molecular formula is C13H22N2O. The first-order valence-corrected chi connectivity index (χ1v) is 6.69. The van der Waals surface area contributed by atoms with E-state index in [0.29, 0.717) is 18.0 Å². The summed E-state index contributed by atoms with van der Waals surface area (Å²) in [5, 5.41) is 3.58. The van der Waals surface area contributed by atoms with Gasteiger partial charge in [-0.2, -0.15) is 0 Å². The fraction of sp³-hybridized carbons (Fsp3) is 0.923. The molecule has 0 aromatic rings. The van der Waals surface area contributed by atoms with Gasteiger partial charge in [-0.15, -0.1) is 0 Å². The smallest absolute Gasteiger partial charge is 0.244 e. The fourth-order valence-corrected chi connectivity index (χ4v) is 2.78. The van der Waals surface area contributed by atoms with Crippen LogP contribution in [0, 0.1) is 11.8 Å². The molecule has 2 aliphatic carbocycles. The van der Waals surface area contributed by atoms with Gasteiger partial charge in [0.25, 0.3) is 0 Å². The number of amides is 1. The standard InChI is InChI=1S/C13H22N2O/c1-9(2)7-11-14-13(5-6-13)12(16)15(11)8-10-3-4-10/h9-11,14H,3-8H2,1-2H3. The largest absolute Gasteiger partial charge is 0.325 e. The van der Waals surface area contributed by atoms with Gasteiger partial charge < -0.3 is 4.90 Å². The Balaban J connectivity index is 1.71. The van der Waals surface area contributed by atoms with Crippen molar-refractivity contribution in [3.63, 3.8) is 0 Å². The van der Waals surface area contributed by atoms with E-state index in [-0.39, 0.29) is 5.54 Å². The minimum Gasteiger partial charge on any atom is -0.325 e. The highest BCUT2D eigenvalue weighted by molar-refractivity contribution is 5.91. The van der Waals surface area contributed by atoms with Gasteiger partial charge in [-0.1, -0.05) is 13.8 Å². The van der Waals surface area contributed by atoms with Crippen LogP contribution in [0.25, 0.3) is 0 Å². The van der Waals surface area contributed by atoms with E-state index in [9.17, 15) is 4.79 Å². The molecule has 3 rings (SSSR count). The first kappa shape index (κ1) is 10.6. The molecule has 1 aliphatic heterocycles. The lowest BCUT2D eigenvalue weighted by molar-refractivity contribution is -0.131. The normalized spacial score (nSPS) is 31.8. The second-order valence-corrected chi connectivity index (χ2v) is 6.27. The predicted octanol–water partition coefficient (Wildman–Crippen LogP) is 1.73. The predicted molar refractivity (Wildman–Crippen MR) is 62.8 cm³/mol. The van der Waals surface area contributed by atoms with Crippen molar-refractivity contribution >= 4 is 5.91 Å². The SMILES string of the molecule is CC(C)CC1NC2(CC2)C(=O)N1CC1CC1. The van der Waals surface area contributed by atoms with Gasteiger partial charge in [-0.3, -0.25) is 10.1 Å². The first-order valence-electron chi connectivity index (χ1n) is 6.69. The van der Waals surface area contributed by atoms with Gasteiger partial charge in [-0.05, 0) is 43.9 Å². The van der Waals surface area contributed by atoms with Crippen LogP contribution in [0.15, 0.2) is 0 Å². The Morgan fingerprint density at radius 1 is 1.44 bits per heavy atom. The summed E-state index contributed by atoms with van der Waals surface area (Å²) >= 11 is 0. The van der Waals surface area contributed by atoms with E-state index in [1.165, 1.54) is 12.8 Å². The lowest BCUT2D eigenvalue weighted by atomic mass is 10.1. The molecule has 16 heavy (non-hydrogen) atoms. The highest BCUT2D eigenvalue weighted by atomic mass is 16.2. The zero-order valence-electron chi connectivity index (χ0n) is 10.3. The molecular weight excluding hydrogens is 200 g/mol. The maximum absolute atomic E-state index is 12.3. The number of hydrogen-bond donors (Lipinski definition) is 1. The van der Waals surface area contributed by atoms with Gasteiger partial charge in [0, 0.05) is 6.54 Å². The molecule has 1 unspecified atom stereocenters. The van der Waals surface area contributed by atoms with Crippen LogP contribution in [0.1, 0.15) is 46.0 Å². The number of nitrogens with one attached hydrogen (secondary N) is 1. The molecule has 1 atom stereocenters. The molecule has 0 radical (unpaired) electrons. The number of carbonyl (C=O) groups excluding carboxylic acids is 1. The van der Waals surface area contributed by atoms with Crippen LogP contribution in [0.4, 0.5) is 0 Å². The summed E-state index contributed by atoms with van der Waals surface area (Å²) in [4.78, 5) is 14.5. The molecule has 2 saturated carbocycles. The maximum Gasteiger partial charge on any atom is 0.244 e. The Kier molecular flexibility index (Phi) is 2.29. The van der Waals surface area contributed by atoms with Crippen LogP contribution in [0.2, 0.25) is 0 Å². The lowest BCUT2D eigenvalue weighted by Crippen LogP contribution is -2.39. The van der Waals surface area contributed by atoms with E-state index < -0.39 is 0 Å². The maximum atomic E-state index is 12.3. The number of carbonyl (C=O) groups is 1. The van der Waals surface area contributed by atoms with Crippen molar-refractivity contribution in [3.8, 4) is 0 Å². The third kappa shape index (κ3) is 1.75. The molecule has 3 nitrogen and oxygen atoms in total. The topological polar surface area (TPSA) is 32.3 Å². The third-order valence-electron chi connectivity index (χ3n) is 4.09. The quantitative estimate of drug-likeness (QED) is 0.785. The molecule has 1 heterocycles. The van der Waals surface area contributed by atoms with E-state index in [1.54, 1.807) is 0 Å². The Hall–Kier alpha value is -0.570. The van der Waals surface area contributed by atoms with Gasteiger partial charge in [0.05, 0.1) is 11.7 Å². The van der Waals surface area contributed by atoms with Crippen molar-refractivity contribution in [1.82, 2.24) is 10.2 Å². The zero-order valence-corrected chi connectivity index (χ0v) is 10.3. The van der Waals surface area contributed by atoms with Crippen LogP contribution < -0.4 is 5.32 Å². The Labute approximate surface area is 97.6 Å². The molecule has 3 heteroatoms. The Morgan fingerprint density at radius 2 is 2.12 bits per heavy atom. The van der Waals surface area contributed by atoms with Gasteiger partial charge in [-0.25, -0.2) is 0 Å². The van der Waals surface area contributed by atoms with Crippen molar-refractivity contribution in [1.29, 1.82) is 0 Å². The van der Waals surface area contributed by atoms with Crippen molar-refractivity contribution in [3.05, 3.63) is 0 Å². The van der Waals surface area contributed by atoms with Gasteiger partial charge >= 0.3 is 0 Å². The molecule has 90 valence electrons. The molecule has 1 N–H and O–H groups in total. The molecule has 0 bridgehead atoms. The second kappa shape index (κ2) is 3.46. The van der Waals surface area contributed by atoms with E-state index in [0.717, 1.165) is 31.7 Å². The number of hydrogen-bond acceptors (Lipinski definition) is 2. The van der Waals surface area contributed by atoms with Crippen LogP contribution in [0.3, 0.4) is 0 Å². The van der Waals surface area contributed by atoms with Gasteiger partial charge in [0.15, 0.2) is 0 Å². The molecule has 3 aliphatic rings. The summed E-state index contributed by atoms with van der Waals surface area (Å²) in [5.41, 5.74) is -0.117. The zero-order chi connectivity index (χ0) is 11.3. The van der Waals surface area contributed by atoms with Crippen molar-refractivity contribution < 1.29 is 4.79 Å². The van der Waals surface area contributed by atoms with Crippen molar-refractivity contribution in [2.45, 2.75) is 57.7 Å². The minimum atomic E-state index is -0.117. The monoisotopic (exact) mass is 222 g/mol. The summed E-state index contributed by atoms with van der Waals surface area (Å²) in [6.45, 7) is 5.48. The Morgan fingerprint density at radius 3 is 2.62 bits per heavy atom. The lowest BCUT2D eigenvalue weighted by Gasteiger charge is -2.25. The minimum absolute atomic E-state index is 0.117.